The van der Waals surface area contributed by atoms with Crippen molar-refractivity contribution in [2.45, 2.75) is 43.8 Å². The molecule has 0 unspecified atom stereocenters. The molecule has 1 aliphatic rings. The molecular formula is C28H27Cl2N3O5S. The Labute approximate surface area is 237 Å². The summed E-state index contributed by atoms with van der Waals surface area (Å²) < 4.78 is 26.9. The lowest BCUT2D eigenvalue weighted by molar-refractivity contribution is -0.141. The third-order valence-corrected chi connectivity index (χ3v) is 8.62. The molecule has 1 aliphatic heterocycles. The summed E-state index contributed by atoms with van der Waals surface area (Å²) in [6.45, 7) is 2.70. The number of fused-ring (bicyclic) bond motifs is 1. The van der Waals surface area contributed by atoms with E-state index in [1.807, 2.05) is 30.3 Å². The van der Waals surface area contributed by atoms with Crippen molar-refractivity contribution in [2.24, 2.45) is 0 Å². The summed E-state index contributed by atoms with van der Waals surface area (Å²) in [7, 11) is -4.24. The first-order valence-corrected chi connectivity index (χ1v) is 14.4. The van der Waals surface area contributed by atoms with Gasteiger partial charge in [-0.05, 0) is 49.2 Å². The van der Waals surface area contributed by atoms with Crippen molar-refractivity contribution in [2.75, 3.05) is 6.54 Å². The molecule has 3 aromatic rings. The topological polar surface area (TPSA) is 104 Å². The number of sulfonamides is 1. The second kappa shape index (κ2) is 11.8. The maximum absolute atomic E-state index is 13.9. The lowest BCUT2D eigenvalue weighted by Crippen LogP contribution is -2.54. The maximum atomic E-state index is 13.9. The normalized spacial score (nSPS) is 14.7. The van der Waals surface area contributed by atoms with Crippen LogP contribution in [0.4, 0.5) is 0 Å². The van der Waals surface area contributed by atoms with E-state index in [0.29, 0.717) is 14.9 Å². The summed E-state index contributed by atoms with van der Waals surface area (Å²) in [5.41, 5.74) is 1.29. The number of hydrogen-bond acceptors (Lipinski definition) is 5. The first-order valence-electron chi connectivity index (χ1n) is 12.2. The van der Waals surface area contributed by atoms with Gasteiger partial charge in [0.2, 0.25) is 11.8 Å². The van der Waals surface area contributed by atoms with Crippen molar-refractivity contribution >= 4 is 50.9 Å². The van der Waals surface area contributed by atoms with Crippen LogP contribution in [0.1, 0.15) is 35.3 Å². The molecule has 4 rings (SSSR count). The lowest BCUT2D eigenvalue weighted by Gasteiger charge is -2.33. The molecule has 1 atom stereocenters. The highest BCUT2D eigenvalue weighted by Crippen LogP contribution is 2.30. The van der Waals surface area contributed by atoms with Crippen LogP contribution in [-0.4, -0.2) is 54.0 Å². The van der Waals surface area contributed by atoms with Gasteiger partial charge in [-0.1, -0.05) is 71.7 Å². The number of halogens is 2. The number of nitrogens with zero attached hydrogens (tertiary/aromatic N) is 2. The average Bonchev–Trinajstić information content (AvgIpc) is 3.08. The number of carbonyl (C=O) groups is 3. The number of benzene rings is 3. The van der Waals surface area contributed by atoms with Gasteiger partial charge in [-0.15, -0.1) is 0 Å². The van der Waals surface area contributed by atoms with Crippen LogP contribution in [-0.2, 0) is 32.6 Å². The number of amides is 3. The molecule has 204 valence electrons. The van der Waals surface area contributed by atoms with Gasteiger partial charge < -0.3 is 10.2 Å². The molecule has 1 heterocycles. The quantitative estimate of drug-likeness (QED) is 0.402. The van der Waals surface area contributed by atoms with Gasteiger partial charge in [-0.2, -0.15) is 0 Å². The molecule has 8 nitrogen and oxygen atoms in total. The van der Waals surface area contributed by atoms with Gasteiger partial charge in [0, 0.05) is 29.1 Å². The highest BCUT2D eigenvalue weighted by atomic mass is 35.5. The van der Waals surface area contributed by atoms with Crippen molar-refractivity contribution in [3.8, 4) is 0 Å². The lowest BCUT2D eigenvalue weighted by atomic mass is 10.0. The summed E-state index contributed by atoms with van der Waals surface area (Å²) in [6.07, 6.45) is 0.150. The van der Waals surface area contributed by atoms with E-state index in [0.717, 1.165) is 5.56 Å². The molecule has 0 aliphatic carbocycles. The maximum Gasteiger partial charge on any atom is 0.269 e. The van der Waals surface area contributed by atoms with Gasteiger partial charge in [0.05, 0.1) is 5.56 Å². The highest BCUT2D eigenvalue weighted by Gasteiger charge is 2.43. The molecule has 39 heavy (non-hydrogen) atoms. The summed E-state index contributed by atoms with van der Waals surface area (Å²) in [5, 5.41) is 3.53. The number of carbonyl (C=O) groups excluding carboxylic acids is 3. The Balaban J connectivity index is 1.74. The van der Waals surface area contributed by atoms with Crippen LogP contribution in [0.15, 0.2) is 77.7 Å². The second-order valence-corrected chi connectivity index (χ2v) is 12.1. The Kier molecular flexibility index (Phi) is 8.64. The minimum Gasteiger partial charge on any atom is -0.352 e. The van der Waals surface area contributed by atoms with Crippen LogP contribution < -0.4 is 5.32 Å². The van der Waals surface area contributed by atoms with E-state index in [4.69, 9.17) is 23.2 Å². The molecule has 0 radical (unpaired) electrons. The zero-order valence-electron chi connectivity index (χ0n) is 21.3. The molecule has 0 bridgehead atoms. The predicted octanol–water partition coefficient (Wildman–Crippen LogP) is 4.30. The Bertz CT molecular complexity index is 1510. The van der Waals surface area contributed by atoms with Gasteiger partial charge in [-0.25, -0.2) is 12.7 Å². The van der Waals surface area contributed by atoms with Crippen LogP contribution in [0.25, 0.3) is 0 Å². The van der Waals surface area contributed by atoms with Gasteiger partial charge in [-0.3, -0.25) is 14.4 Å². The number of rotatable bonds is 9. The van der Waals surface area contributed by atoms with E-state index in [1.54, 1.807) is 32.0 Å². The molecule has 0 aromatic heterocycles. The SMILES string of the molecule is CC(C)NC(=O)[C@H](Cc1ccccc1)N(Cc1ccc(Cl)cc1Cl)C(=O)CN1C(=O)c2ccccc2S1(=O)=O. The summed E-state index contributed by atoms with van der Waals surface area (Å²) in [6, 6.07) is 18.5. The van der Waals surface area contributed by atoms with Crippen molar-refractivity contribution in [1.29, 1.82) is 0 Å². The predicted molar refractivity (Wildman–Crippen MR) is 149 cm³/mol. The molecule has 3 aromatic carbocycles. The molecule has 11 heteroatoms. The molecule has 0 saturated carbocycles. The standard InChI is InChI=1S/C28H27Cl2N3O5S/c1-18(2)31-27(35)24(14-19-8-4-3-5-9-19)32(16-20-12-13-21(29)15-23(20)30)26(34)17-33-28(36)22-10-6-7-11-25(22)39(33,37)38/h3-13,15,18,24H,14,16-17H2,1-2H3,(H,31,35)/t24-/m0/s1. The fourth-order valence-corrected chi connectivity index (χ4v) is 6.36. The summed E-state index contributed by atoms with van der Waals surface area (Å²) in [5.74, 6) is -1.95. The van der Waals surface area contributed by atoms with E-state index in [1.165, 1.54) is 29.2 Å². The third-order valence-electron chi connectivity index (χ3n) is 6.25. The van der Waals surface area contributed by atoms with Crippen LogP contribution in [0.5, 0.6) is 0 Å². The summed E-state index contributed by atoms with van der Waals surface area (Å²) in [4.78, 5) is 41.5. The molecular weight excluding hydrogens is 561 g/mol. The zero-order valence-corrected chi connectivity index (χ0v) is 23.6. The number of hydrogen-bond donors (Lipinski definition) is 1. The minimum atomic E-state index is -4.24. The Morgan fingerprint density at radius 1 is 0.974 bits per heavy atom. The van der Waals surface area contributed by atoms with E-state index in [2.05, 4.69) is 5.32 Å². The van der Waals surface area contributed by atoms with Gasteiger partial charge in [0.1, 0.15) is 17.5 Å². The average molecular weight is 589 g/mol. The minimum absolute atomic E-state index is 0.00372. The number of nitrogens with one attached hydrogen (secondary N) is 1. The van der Waals surface area contributed by atoms with Crippen LogP contribution in [0.3, 0.4) is 0 Å². The molecule has 1 N–H and O–H groups in total. The zero-order chi connectivity index (χ0) is 28.3. The summed E-state index contributed by atoms with van der Waals surface area (Å²) >= 11 is 12.5. The van der Waals surface area contributed by atoms with Crippen molar-refractivity contribution in [3.63, 3.8) is 0 Å². The first kappa shape index (κ1) is 28.6. The van der Waals surface area contributed by atoms with Crippen LogP contribution in [0, 0.1) is 0 Å². The van der Waals surface area contributed by atoms with Gasteiger partial charge >= 0.3 is 0 Å². The van der Waals surface area contributed by atoms with E-state index in [-0.39, 0.29) is 34.5 Å². The van der Waals surface area contributed by atoms with E-state index >= 15 is 0 Å². The first-order chi connectivity index (χ1) is 18.5. The third kappa shape index (κ3) is 6.27. The molecule has 0 saturated heterocycles. The fourth-order valence-electron chi connectivity index (χ4n) is 4.37. The van der Waals surface area contributed by atoms with Crippen molar-refractivity contribution in [3.05, 3.63) is 99.5 Å². The Morgan fingerprint density at radius 3 is 2.28 bits per heavy atom. The monoisotopic (exact) mass is 587 g/mol. The largest absolute Gasteiger partial charge is 0.352 e. The van der Waals surface area contributed by atoms with Gasteiger partial charge in [0.15, 0.2) is 0 Å². The van der Waals surface area contributed by atoms with E-state index in [9.17, 15) is 22.8 Å². The van der Waals surface area contributed by atoms with E-state index < -0.39 is 40.3 Å². The fraction of sp³-hybridized carbons (Fsp3) is 0.250. The van der Waals surface area contributed by atoms with Crippen LogP contribution in [0.2, 0.25) is 10.0 Å². The van der Waals surface area contributed by atoms with Crippen molar-refractivity contribution < 1.29 is 22.8 Å². The second-order valence-electron chi connectivity index (χ2n) is 9.44. The van der Waals surface area contributed by atoms with Crippen molar-refractivity contribution in [1.82, 2.24) is 14.5 Å². The molecule has 0 fully saturated rings. The highest BCUT2D eigenvalue weighted by molar-refractivity contribution is 7.90. The smallest absolute Gasteiger partial charge is 0.269 e. The Morgan fingerprint density at radius 2 is 1.64 bits per heavy atom. The molecule has 0 spiro atoms. The van der Waals surface area contributed by atoms with Gasteiger partial charge in [0.25, 0.3) is 15.9 Å². The van der Waals surface area contributed by atoms with Crippen LogP contribution >= 0.6 is 23.2 Å². The Hall–Kier alpha value is -3.40. The molecule has 3 amide bonds.